The average Bonchev–Trinajstić information content (AvgIpc) is 2.87. The molecule has 1 aliphatic rings. The van der Waals surface area contributed by atoms with Crippen molar-refractivity contribution in [1.29, 1.82) is 0 Å². The molecule has 1 atom stereocenters. The topological polar surface area (TPSA) is 55.6 Å². The molecule has 2 N–H and O–H groups in total. The summed E-state index contributed by atoms with van der Waals surface area (Å²) in [7, 11) is 1.60. The van der Waals surface area contributed by atoms with Crippen LogP contribution in [0.25, 0.3) is 0 Å². The van der Waals surface area contributed by atoms with Gasteiger partial charge < -0.3 is 15.4 Å². The standard InChI is InChI=1S/C13H17BrN2O2/c1-18-10-2-3-12(14)11(6-10)13(17)16-5-4-9(7-15)8-16/h2-3,6,9H,4-5,7-8,15H2,1H3/t9-/m0/s1. The number of hydrogen-bond acceptors (Lipinski definition) is 3. The van der Waals surface area contributed by atoms with E-state index in [1.54, 1.807) is 13.2 Å². The van der Waals surface area contributed by atoms with Crippen LogP contribution in [0.4, 0.5) is 0 Å². The molecule has 0 aromatic heterocycles. The monoisotopic (exact) mass is 312 g/mol. The van der Waals surface area contributed by atoms with Gasteiger partial charge in [-0.15, -0.1) is 0 Å². The molecular formula is C13H17BrN2O2. The highest BCUT2D eigenvalue weighted by Crippen LogP contribution is 2.26. The first kappa shape index (κ1) is 13.4. The highest BCUT2D eigenvalue weighted by atomic mass is 79.9. The molecule has 4 nitrogen and oxygen atoms in total. The third-order valence-corrected chi connectivity index (χ3v) is 4.00. The summed E-state index contributed by atoms with van der Waals surface area (Å²) in [6.45, 7) is 2.17. The molecule has 0 radical (unpaired) electrons. The normalized spacial score (nSPS) is 19.1. The number of halogens is 1. The van der Waals surface area contributed by atoms with Gasteiger partial charge in [0.2, 0.25) is 0 Å². The number of nitrogens with zero attached hydrogens (tertiary/aromatic N) is 1. The number of likely N-dealkylation sites (tertiary alicyclic amines) is 1. The molecule has 1 aromatic rings. The third-order valence-electron chi connectivity index (χ3n) is 3.31. The van der Waals surface area contributed by atoms with Crippen LogP contribution in [0.1, 0.15) is 16.8 Å². The molecule has 5 heteroatoms. The van der Waals surface area contributed by atoms with E-state index in [4.69, 9.17) is 10.5 Å². The number of carbonyl (C=O) groups excluding carboxylic acids is 1. The predicted molar refractivity (Wildman–Crippen MR) is 73.8 cm³/mol. The maximum Gasteiger partial charge on any atom is 0.255 e. The van der Waals surface area contributed by atoms with Crippen LogP contribution in [0, 0.1) is 5.92 Å². The van der Waals surface area contributed by atoms with Crippen molar-refractivity contribution in [2.45, 2.75) is 6.42 Å². The van der Waals surface area contributed by atoms with E-state index in [1.807, 2.05) is 17.0 Å². The van der Waals surface area contributed by atoms with E-state index in [0.717, 1.165) is 24.0 Å². The Bertz CT molecular complexity index is 451. The lowest BCUT2D eigenvalue weighted by molar-refractivity contribution is 0.0786. The van der Waals surface area contributed by atoms with Gasteiger partial charge in [0.15, 0.2) is 0 Å². The van der Waals surface area contributed by atoms with Crippen molar-refractivity contribution in [2.24, 2.45) is 11.7 Å². The Morgan fingerprint density at radius 2 is 2.39 bits per heavy atom. The van der Waals surface area contributed by atoms with Crippen LogP contribution >= 0.6 is 15.9 Å². The van der Waals surface area contributed by atoms with Gasteiger partial charge in [-0.1, -0.05) is 0 Å². The van der Waals surface area contributed by atoms with Gasteiger partial charge in [-0.2, -0.15) is 0 Å². The Morgan fingerprint density at radius 1 is 1.61 bits per heavy atom. The fraction of sp³-hybridized carbons (Fsp3) is 0.462. The largest absolute Gasteiger partial charge is 0.497 e. The Labute approximate surface area is 115 Å². The van der Waals surface area contributed by atoms with Crippen molar-refractivity contribution in [3.05, 3.63) is 28.2 Å². The van der Waals surface area contributed by atoms with Gasteiger partial charge in [0.05, 0.1) is 12.7 Å². The van der Waals surface area contributed by atoms with Gasteiger partial charge >= 0.3 is 0 Å². The number of amides is 1. The maximum atomic E-state index is 12.4. The van der Waals surface area contributed by atoms with E-state index < -0.39 is 0 Å². The fourth-order valence-corrected chi connectivity index (χ4v) is 2.59. The number of rotatable bonds is 3. The Morgan fingerprint density at radius 3 is 3.00 bits per heavy atom. The summed E-state index contributed by atoms with van der Waals surface area (Å²) in [5.41, 5.74) is 6.29. The molecule has 0 saturated carbocycles. The Hall–Kier alpha value is -1.07. The molecule has 98 valence electrons. The molecule has 1 heterocycles. The fourth-order valence-electron chi connectivity index (χ4n) is 2.18. The van der Waals surface area contributed by atoms with Crippen LogP contribution in [-0.2, 0) is 0 Å². The summed E-state index contributed by atoms with van der Waals surface area (Å²) in [6, 6.07) is 5.43. The molecular weight excluding hydrogens is 296 g/mol. The van der Waals surface area contributed by atoms with E-state index >= 15 is 0 Å². The summed E-state index contributed by atoms with van der Waals surface area (Å²) in [5.74, 6) is 1.16. The number of methoxy groups -OCH3 is 1. The van der Waals surface area contributed by atoms with Crippen LogP contribution in [0.3, 0.4) is 0 Å². The first-order valence-corrected chi connectivity index (χ1v) is 6.78. The van der Waals surface area contributed by atoms with Crippen molar-refractivity contribution in [3.63, 3.8) is 0 Å². The first-order chi connectivity index (χ1) is 8.65. The van der Waals surface area contributed by atoms with Crippen LogP contribution in [-0.4, -0.2) is 37.6 Å². The highest BCUT2D eigenvalue weighted by molar-refractivity contribution is 9.10. The quantitative estimate of drug-likeness (QED) is 0.927. The second kappa shape index (κ2) is 5.71. The van der Waals surface area contributed by atoms with E-state index in [1.165, 1.54) is 0 Å². The van der Waals surface area contributed by atoms with Crippen LogP contribution in [0.15, 0.2) is 22.7 Å². The number of ether oxygens (including phenoxy) is 1. The predicted octanol–water partition coefficient (Wildman–Crippen LogP) is 1.88. The van der Waals surface area contributed by atoms with Gasteiger partial charge in [-0.05, 0) is 53.0 Å². The van der Waals surface area contributed by atoms with Crippen LogP contribution in [0.5, 0.6) is 5.75 Å². The molecule has 18 heavy (non-hydrogen) atoms. The van der Waals surface area contributed by atoms with Gasteiger partial charge in [0.1, 0.15) is 5.75 Å². The second-order valence-corrected chi connectivity index (χ2v) is 5.34. The van der Waals surface area contributed by atoms with E-state index in [-0.39, 0.29) is 5.91 Å². The molecule has 1 aliphatic heterocycles. The SMILES string of the molecule is COc1ccc(Br)c(C(=O)N2CC[C@@H](CN)C2)c1. The lowest BCUT2D eigenvalue weighted by atomic mass is 10.1. The van der Waals surface area contributed by atoms with Gasteiger partial charge in [0, 0.05) is 17.6 Å². The molecule has 0 aliphatic carbocycles. The third kappa shape index (κ3) is 2.67. The van der Waals surface area contributed by atoms with Crippen molar-refractivity contribution in [1.82, 2.24) is 4.90 Å². The van der Waals surface area contributed by atoms with E-state index in [0.29, 0.717) is 23.8 Å². The number of nitrogens with two attached hydrogens (primary N) is 1. The maximum absolute atomic E-state index is 12.4. The minimum absolute atomic E-state index is 0.0386. The second-order valence-electron chi connectivity index (χ2n) is 4.49. The number of benzene rings is 1. The molecule has 0 unspecified atom stereocenters. The Balaban J connectivity index is 2.18. The summed E-state index contributed by atoms with van der Waals surface area (Å²) in [5, 5.41) is 0. The van der Waals surface area contributed by atoms with E-state index in [9.17, 15) is 4.79 Å². The van der Waals surface area contributed by atoms with Crippen molar-refractivity contribution in [3.8, 4) is 5.75 Å². The zero-order valence-electron chi connectivity index (χ0n) is 10.4. The van der Waals surface area contributed by atoms with E-state index in [2.05, 4.69) is 15.9 Å². The lowest BCUT2D eigenvalue weighted by Crippen LogP contribution is -2.30. The molecule has 0 bridgehead atoms. The molecule has 1 aromatic carbocycles. The summed E-state index contributed by atoms with van der Waals surface area (Å²) in [4.78, 5) is 14.3. The minimum atomic E-state index is 0.0386. The highest BCUT2D eigenvalue weighted by Gasteiger charge is 2.27. The molecule has 0 spiro atoms. The summed E-state index contributed by atoms with van der Waals surface area (Å²) < 4.78 is 5.95. The Kier molecular flexibility index (Phi) is 4.24. The van der Waals surface area contributed by atoms with Gasteiger partial charge in [-0.3, -0.25) is 4.79 Å². The first-order valence-electron chi connectivity index (χ1n) is 5.98. The molecule has 1 fully saturated rings. The van der Waals surface area contributed by atoms with Crippen molar-refractivity contribution in [2.75, 3.05) is 26.7 Å². The van der Waals surface area contributed by atoms with Gasteiger partial charge in [0.25, 0.3) is 5.91 Å². The molecule has 2 rings (SSSR count). The molecule has 1 amide bonds. The minimum Gasteiger partial charge on any atom is -0.497 e. The average molecular weight is 313 g/mol. The van der Waals surface area contributed by atoms with Gasteiger partial charge in [-0.25, -0.2) is 0 Å². The number of hydrogen-bond donors (Lipinski definition) is 1. The van der Waals surface area contributed by atoms with Crippen molar-refractivity contribution < 1.29 is 9.53 Å². The zero-order valence-corrected chi connectivity index (χ0v) is 11.9. The van der Waals surface area contributed by atoms with Crippen LogP contribution < -0.4 is 10.5 Å². The smallest absolute Gasteiger partial charge is 0.255 e. The van der Waals surface area contributed by atoms with Crippen LogP contribution in [0.2, 0.25) is 0 Å². The summed E-state index contributed by atoms with van der Waals surface area (Å²) >= 11 is 3.41. The molecule has 1 saturated heterocycles. The lowest BCUT2D eigenvalue weighted by Gasteiger charge is -2.17. The number of carbonyl (C=O) groups is 1. The summed E-state index contributed by atoms with van der Waals surface area (Å²) in [6.07, 6.45) is 0.990. The zero-order chi connectivity index (χ0) is 13.1. The van der Waals surface area contributed by atoms with Crippen molar-refractivity contribution >= 4 is 21.8 Å².